The zero-order valence-corrected chi connectivity index (χ0v) is 13.4. The quantitative estimate of drug-likeness (QED) is 0.616. The molecule has 0 saturated heterocycles. The molecule has 17 heavy (non-hydrogen) atoms. The van der Waals surface area contributed by atoms with Crippen LogP contribution < -0.4 is 61.6 Å². The van der Waals surface area contributed by atoms with E-state index in [4.69, 9.17) is 4.74 Å². The van der Waals surface area contributed by atoms with E-state index in [9.17, 15) is 12.9 Å². The molecule has 0 N–H and O–H groups in total. The topological polar surface area (TPSA) is 12.5 Å². The second kappa shape index (κ2) is 7.81. The van der Waals surface area contributed by atoms with Crippen LogP contribution in [-0.2, 0) is 0 Å². The van der Waals surface area contributed by atoms with Gasteiger partial charge in [0.1, 0.15) is 12.4 Å². The van der Waals surface area contributed by atoms with Gasteiger partial charge in [-0.2, -0.15) is 0 Å². The van der Waals surface area contributed by atoms with Crippen molar-refractivity contribution in [2.24, 2.45) is 0 Å². The summed E-state index contributed by atoms with van der Waals surface area (Å²) in [5, 5.41) is 0. The fourth-order valence-corrected chi connectivity index (χ4v) is 1.13. The molecule has 0 aromatic heterocycles. The van der Waals surface area contributed by atoms with Crippen LogP contribution in [0.1, 0.15) is 0 Å². The van der Waals surface area contributed by atoms with Gasteiger partial charge >= 0.3 is 58.4 Å². The van der Waals surface area contributed by atoms with Crippen molar-refractivity contribution in [1.29, 1.82) is 0 Å². The minimum atomic E-state index is -4.91. The van der Waals surface area contributed by atoms with Crippen LogP contribution in [0.2, 0.25) is 0 Å². The number of ether oxygens (including phenoxy) is 1. The minimum Gasteiger partial charge on any atom is -0.492 e. The molecule has 0 amide bonds. The summed E-state index contributed by atoms with van der Waals surface area (Å²) < 4.78 is 42.2. The van der Waals surface area contributed by atoms with Crippen LogP contribution in [0.4, 0.5) is 12.9 Å². The molecule has 1 aromatic rings. The van der Waals surface area contributed by atoms with Crippen molar-refractivity contribution in [3.05, 3.63) is 24.3 Å². The predicted molar refractivity (Wildman–Crippen MR) is 59.2 cm³/mol. The summed E-state index contributed by atoms with van der Waals surface area (Å²) in [5.41, 5.74) is -0.597. The summed E-state index contributed by atoms with van der Waals surface area (Å²) in [6, 6.07) is 4.79. The van der Waals surface area contributed by atoms with Gasteiger partial charge in [0.25, 0.3) is 0 Å². The van der Waals surface area contributed by atoms with Gasteiger partial charge in [0.05, 0.1) is 0 Å². The van der Waals surface area contributed by atoms with Crippen molar-refractivity contribution in [2.75, 3.05) is 27.2 Å². The van der Waals surface area contributed by atoms with E-state index in [0.29, 0.717) is 12.4 Å². The number of nitrogens with zero attached hydrogens (tertiary/aromatic N) is 1. The molecule has 0 unspecified atom stereocenters. The predicted octanol–water partition coefficient (Wildman–Crippen LogP) is -1.31. The van der Waals surface area contributed by atoms with E-state index in [1.54, 1.807) is 0 Å². The second-order valence-electron chi connectivity index (χ2n) is 3.80. The largest absolute Gasteiger partial charge is 1.00 e. The summed E-state index contributed by atoms with van der Waals surface area (Å²) in [6.07, 6.45) is 0. The molecule has 1 aromatic carbocycles. The van der Waals surface area contributed by atoms with E-state index in [-0.39, 0.29) is 51.4 Å². The van der Waals surface area contributed by atoms with Crippen molar-refractivity contribution in [2.45, 2.75) is 0 Å². The van der Waals surface area contributed by atoms with E-state index in [2.05, 4.69) is 0 Å². The van der Waals surface area contributed by atoms with Crippen molar-refractivity contribution in [1.82, 2.24) is 4.90 Å². The number of halogens is 3. The summed E-state index contributed by atoms with van der Waals surface area (Å²) in [5.74, 6) is 0.464. The third kappa shape index (κ3) is 6.83. The molecule has 0 radical (unpaired) electrons. The Morgan fingerprint density at radius 1 is 1.12 bits per heavy atom. The van der Waals surface area contributed by atoms with Crippen molar-refractivity contribution < 1.29 is 69.1 Å². The Balaban J connectivity index is 0.00000256. The van der Waals surface area contributed by atoms with Gasteiger partial charge in [-0.3, -0.25) is 0 Å². The van der Waals surface area contributed by atoms with Crippen LogP contribution in [0.5, 0.6) is 5.75 Å². The van der Waals surface area contributed by atoms with Crippen LogP contribution in [0, 0.1) is 0 Å². The first-order valence-corrected chi connectivity index (χ1v) is 4.97. The Bertz CT molecular complexity index is 329. The van der Waals surface area contributed by atoms with E-state index in [1.165, 1.54) is 12.1 Å². The number of likely N-dealkylation sites (N-methyl/N-ethyl adjacent to an activating group) is 1. The van der Waals surface area contributed by atoms with E-state index >= 15 is 0 Å². The van der Waals surface area contributed by atoms with Gasteiger partial charge < -0.3 is 22.6 Å². The summed E-state index contributed by atoms with van der Waals surface area (Å²) in [6.45, 7) is -3.72. The molecule has 0 heterocycles. The first-order valence-electron chi connectivity index (χ1n) is 4.97. The number of benzene rings is 1. The summed E-state index contributed by atoms with van der Waals surface area (Å²) >= 11 is 0. The normalized spacial score (nSPS) is 11.2. The smallest absolute Gasteiger partial charge is 0.492 e. The molecule has 0 saturated carbocycles. The molecule has 0 atom stereocenters. The van der Waals surface area contributed by atoms with Crippen LogP contribution in [-0.4, -0.2) is 39.1 Å². The van der Waals surface area contributed by atoms with Crippen molar-refractivity contribution in [3.8, 4) is 5.75 Å². The average Bonchev–Trinajstić information content (AvgIpc) is 2.16. The second-order valence-corrected chi connectivity index (χ2v) is 3.80. The Labute approximate surface area is 142 Å². The molecule has 0 aliphatic carbocycles. The molecule has 7 heteroatoms. The third-order valence-corrected chi connectivity index (χ3v) is 2.07. The van der Waals surface area contributed by atoms with E-state index in [0.717, 1.165) is 18.7 Å². The average molecular weight is 271 g/mol. The van der Waals surface area contributed by atoms with Crippen LogP contribution in [0.15, 0.2) is 24.3 Å². The minimum absolute atomic E-state index is 0. The maximum Gasteiger partial charge on any atom is 1.00 e. The van der Waals surface area contributed by atoms with Crippen molar-refractivity contribution in [3.63, 3.8) is 0 Å². The SMILES string of the molecule is CN(C)CCOc1ccc([B-](F)(F)F)cc1.[K+]. The summed E-state index contributed by atoms with van der Waals surface area (Å²) in [7, 11) is 3.80. The zero-order valence-electron chi connectivity index (χ0n) is 10.3. The summed E-state index contributed by atoms with van der Waals surface area (Å²) in [4.78, 5) is 1.94. The number of rotatable bonds is 5. The van der Waals surface area contributed by atoms with Crippen LogP contribution in [0.3, 0.4) is 0 Å². The molecule has 0 spiro atoms. The Morgan fingerprint density at radius 3 is 2.06 bits per heavy atom. The van der Waals surface area contributed by atoms with Gasteiger partial charge in [0.2, 0.25) is 0 Å². The first kappa shape index (κ1) is 17.5. The maximum atomic E-state index is 12.3. The molecule has 2 nitrogen and oxygen atoms in total. The molecule has 0 aliphatic rings. The fourth-order valence-electron chi connectivity index (χ4n) is 1.13. The number of hydrogen-bond donors (Lipinski definition) is 0. The molecule has 90 valence electrons. The number of hydrogen-bond acceptors (Lipinski definition) is 2. The molecule has 0 fully saturated rings. The Hall–Kier alpha value is 0.471. The first-order chi connectivity index (χ1) is 7.39. The standard InChI is InChI=1S/C10H14BF3NO.K/c1-15(2)7-8-16-10-5-3-9(4-6-10)11(12,13)14;/h3-6H,7-8H2,1-2H3;/q-1;+1. The molecule has 0 aliphatic heterocycles. The zero-order chi connectivity index (χ0) is 12.2. The molecular formula is C10H14BF3KNO. The van der Waals surface area contributed by atoms with E-state index < -0.39 is 12.4 Å². The Morgan fingerprint density at radius 2 is 1.65 bits per heavy atom. The van der Waals surface area contributed by atoms with Gasteiger partial charge in [0.15, 0.2) is 0 Å². The molecule has 1 rings (SSSR count). The molecule has 0 bridgehead atoms. The van der Waals surface area contributed by atoms with Gasteiger partial charge in [-0.15, -0.1) is 5.46 Å². The van der Waals surface area contributed by atoms with Gasteiger partial charge in [0, 0.05) is 6.54 Å². The van der Waals surface area contributed by atoms with E-state index in [1.807, 2.05) is 19.0 Å². The molecular weight excluding hydrogens is 257 g/mol. The van der Waals surface area contributed by atoms with Gasteiger partial charge in [-0.1, -0.05) is 12.1 Å². The third-order valence-electron chi connectivity index (χ3n) is 2.07. The van der Waals surface area contributed by atoms with Crippen LogP contribution >= 0.6 is 0 Å². The fraction of sp³-hybridized carbons (Fsp3) is 0.400. The van der Waals surface area contributed by atoms with Gasteiger partial charge in [-0.05, 0) is 26.2 Å². The monoisotopic (exact) mass is 271 g/mol. The van der Waals surface area contributed by atoms with Crippen LogP contribution in [0.25, 0.3) is 0 Å². The van der Waals surface area contributed by atoms with Crippen molar-refractivity contribution >= 4 is 12.4 Å². The Kier molecular flexibility index (Phi) is 8.02. The maximum absolute atomic E-state index is 12.3. The van der Waals surface area contributed by atoms with Gasteiger partial charge in [-0.25, -0.2) is 0 Å².